The predicted octanol–water partition coefficient (Wildman–Crippen LogP) is 0.312. The zero-order valence-electron chi connectivity index (χ0n) is 18.2. The Kier molecular flexibility index (Phi) is 5.74. The average Bonchev–Trinajstić information content (AvgIpc) is 2.65. The quantitative estimate of drug-likeness (QED) is 0.534. The van der Waals surface area contributed by atoms with Gasteiger partial charge in [0.15, 0.2) is 21.4 Å². The van der Waals surface area contributed by atoms with E-state index in [9.17, 15) is 13.2 Å². The van der Waals surface area contributed by atoms with E-state index < -0.39 is 26.0 Å². The molecule has 0 aromatic carbocycles. The Hall–Kier alpha value is -2.73. The van der Waals surface area contributed by atoms with Crippen molar-refractivity contribution in [3.63, 3.8) is 0 Å². The molecule has 0 saturated carbocycles. The summed E-state index contributed by atoms with van der Waals surface area (Å²) in [6.45, 7) is 8.02. The Morgan fingerprint density at radius 3 is 2.68 bits per heavy atom. The van der Waals surface area contributed by atoms with Crippen molar-refractivity contribution in [3.05, 3.63) is 23.4 Å². The van der Waals surface area contributed by atoms with Crippen molar-refractivity contribution in [2.45, 2.75) is 44.0 Å². The van der Waals surface area contributed by atoms with Crippen LogP contribution in [0.3, 0.4) is 0 Å². The van der Waals surface area contributed by atoms with Crippen LogP contribution in [-0.4, -0.2) is 68.2 Å². The number of nitrogens with one attached hydrogen (secondary N) is 2. The first-order chi connectivity index (χ1) is 14.3. The largest absolute Gasteiger partial charge is 0.485 e. The number of rotatable bonds is 5. The highest BCUT2D eigenvalue weighted by Gasteiger charge is 2.49. The summed E-state index contributed by atoms with van der Waals surface area (Å²) < 4.78 is 35.4. The fourth-order valence-electron chi connectivity index (χ4n) is 3.67. The van der Waals surface area contributed by atoms with Crippen LogP contribution in [0.2, 0.25) is 0 Å². The number of morpholine rings is 1. The summed E-state index contributed by atoms with van der Waals surface area (Å²) in [6, 6.07) is -0.0933. The smallest absolute Gasteiger partial charge is 0.294 e. The first kappa shape index (κ1) is 22.9. The third kappa shape index (κ3) is 3.97. The average molecular weight is 453 g/mol. The van der Waals surface area contributed by atoms with E-state index >= 15 is 0 Å². The first-order valence-electron chi connectivity index (χ1n) is 9.71. The Morgan fingerprint density at radius 1 is 1.39 bits per heavy atom. The van der Waals surface area contributed by atoms with Crippen molar-refractivity contribution in [1.82, 2.24) is 15.3 Å². The van der Waals surface area contributed by atoms with Crippen molar-refractivity contribution in [2.75, 3.05) is 31.0 Å². The Labute approximate surface area is 181 Å². The second-order valence-electron chi connectivity index (χ2n) is 8.59. The molecule has 3 heterocycles. The topological polar surface area (TPSA) is 161 Å². The van der Waals surface area contributed by atoms with Gasteiger partial charge in [0.05, 0.1) is 24.8 Å². The fraction of sp³-hybridized carbons (Fsp3) is 0.579. The fourth-order valence-corrected chi connectivity index (χ4v) is 4.16. The number of carbonyl (C=O) groups is 1. The maximum absolute atomic E-state index is 12.8. The summed E-state index contributed by atoms with van der Waals surface area (Å²) >= 11 is 0. The number of fused-ring (bicyclic) bond motifs is 3. The molecular weight excluding hydrogens is 424 g/mol. The van der Waals surface area contributed by atoms with Gasteiger partial charge in [-0.25, -0.2) is 18.4 Å². The van der Waals surface area contributed by atoms with Crippen LogP contribution in [0.5, 0.6) is 5.75 Å². The zero-order chi connectivity index (χ0) is 23.2. The molecule has 1 saturated heterocycles. The number of sulfone groups is 1. The van der Waals surface area contributed by atoms with Crippen molar-refractivity contribution in [2.24, 2.45) is 5.73 Å². The molecule has 0 bridgehead atoms. The van der Waals surface area contributed by atoms with Crippen LogP contribution in [-0.2, 0) is 19.3 Å². The van der Waals surface area contributed by atoms with Gasteiger partial charge in [0.2, 0.25) is 5.82 Å². The number of amides is 1. The van der Waals surface area contributed by atoms with Gasteiger partial charge in [-0.05, 0) is 33.8 Å². The van der Waals surface area contributed by atoms with Crippen molar-refractivity contribution >= 4 is 27.8 Å². The van der Waals surface area contributed by atoms with Crippen LogP contribution >= 0.6 is 0 Å². The van der Waals surface area contributed by atoms with Crippen LogP contribution < -0.4 is 20.7 Å². The Bertz CT molecular complexity index is 1050. The number of nitrogens with two attached hydrogens (primary N) is 1. The Balaban J connectivity index is 2.24. The molecule has 2 atom stereocenters. The first-order valence-corrected chi connectivity index (χ1v) is 11.6. The zero-order valence-corrected chi connectivity index (χ0v) is 19.0. The molecule has 4 N–H and O–H groups in total. The number of hydrogen-bond donors (Lipinski definition) is 3. The standard InChI is InChI=1S/C19H28N6O5S/c1-11-8-29-9-19(4)10-30-13-14(18(2,3)31(5,27)28)23-15(24-16(13)25(11)19)17(26)22-12(21)6-7-20/h6-7,11,20H,8-10,21H2,1-5H3,(H,22,26)/b12-6+,20-7?/t11-,19?/m1/s1. The molecule has 1 aromatic rings. The highest BCUT2D eigenvalue weighted by molar-refractivity contribution is 7.91. The highest BCUT2D eigenvalue weighted by atomic mass is 32.2. The SMILES string of the molecule is C[C@@H]1COCC2(C)COc3c(nc(C(=O)N/C(N)=C/C=N)nc3C(C)(C)S(C)(=O)=O)N12. The summed E-state index contributed by atoms with van der Waals surface area (Å²) in [7, 11) is -3.63. The summed E-state index contributed by atoms with van der Waals surface area (Å²) in [6.07, 6.45) is 3.23. The molecule has 1 amide bonds. The molecule has 12 heteroatoms. The van der Waals surface area contributed by atoms with Gasteiger partial charge in [-0.1, -0.05) is 0 Å². The van der Waals surface area contributed by atoms with Crippen molar-refractivity contribution < 1.29 is 22.7 Å². The third-order valence-electron chi connectivity index (χ3n) is 5.62. The van der Waals surface area contributed by atoms with E-state index in [4.69, 9.17) is 20.6 Å². The lowest BCUT2D eigenvalue weighted by molar-refractivity contribution is 0.00696. The van der Waals surface area contributed by atoms with Gasteiger partial charge < -0.3 is 30.8 Å². The van der Waals surface area contributed by atoms with Gasteiger partial charge in [0, 0.05) is 12.5 Å². The van der Waals surface area contributed by atoms with E-state index in [0.717, 1.165) is 12.5 Å². The Morgan fingerprint density at radius 2 is 2.06 bits per heavy atom. The minimum absolute atomic E-state index is 0.0638. The molecule has 0 spiro atoms. The van der Waals surface area contributed by atoms with Crippen LogP contribution in [0.1, 0.15) is 44.0 Å². The number of anilines is 1. The van der Waals surface area contributed by atoms with E-state index in [1.165, 1.54) is 19.9 Å². The maximum Gasteiger partial charge on any atom is 0.294 e. The van der Waals surface area contributed by atoms with E-state index in [0.29, 0.717) is 19.0 Å². The van der Waals surface area contributed by atoms with E-state index in [-0.39, 0.29) is 35.7 Å². The lowest BCUT2D eigenvalue weighted by Gasteiger charge is -2.51. The second-order valence-corrected chi connectivity index (χ2v) is 11.2. The lowest BCUT2D eigenvalue weighted by Crippen LogP contribution is -2.64. The normalized spacial score (nSPS) is 24.0. The van der Waals surface area contributed by atoms with Gasteiger partial charge in [0.1, 0.15) is 22.9 Å². The molecule has 11 nitrogen and oxygen atoms in total. The molecule has 2 aliphatic heterocycles. The van der Waals surface area contributed by atoms with Crippen LogP contribution in [0.25, 0.3) is 0 Å². The van der Waals surface area contributed by atoms with Gasteiger partial charge in [-0.2, -0.15) is 0 Å². The molecule has 1 unspecified atom stereocenters. The molecule has 0 radical (unpaired) electrons. The van der Waals surface area contributed by atoms with Gasteiger partial charge in [0.25, 0.3) is 5.91 Å². The molecule has 0 aliphatic carbocycles. The van der Waals surface area contributed by atoms with Gasteiger partial charge in [-0.3, -0.25) is 4.79 Å². The lowest BCUT2D eigenvalue weighted by atomic mass is 9.95. The monoisotopic (exact) mass is 452 g/mol. The van der Waals surface area contributed by atoms with Crippen LogP contribution in [0.15, 0.2) is 11.9 Å². The minimum atomic E-state index is -3.63. The van der Waals surface area contributed by atoms with Crippen LogP contribution in [0.4, 0.5) is 5.82 Å². The summed E-state index contributed by atoms with van der Waals surface area (Å²) in [5, 5.41) is 9.47. The second kappa shape index (κ2) is 7.75. The van der Waals surface area contributed by atoms with E-state index in [1.807, 2.05) is 18.7 Å². The number of ether oxygens (including phenoxy) is 2. The van der Waals surface area contributed by atoms with Crippen LogP contribution in [0, 0.1) is 5.41 Å². The van der Waals surface area contributed by atoms with E-state index in [2.05, 4.69) is 15.3 Å². The minimum Gasteiger partial charge on any atom is -0.485 e. The molecule has 3 rings (SSSR count). The molecule has 1 aromatic heterocycles. The molecular formula is C19H28N6O5S. The van der Waals surface area contributed by atoms with Crippen molar-refractivity contribution in [3.8, 4) is 5.75 Å². The summed E-state index contributed by atoms with van der Waals surface area (Å²) in [5.41, 5.74) is 5.23. The molecule has 2 aliphatic rings. The third-order valence-corrected chi connectivity index (χ3v) is 7.67. The molecule has 170 valence electrons. The van der Waals surface area contributed by atoms with Gasteiger partial charge in [-0.15, -0.1) is 0 Å². The van der Waals surface area contributed by atoms with E-state index in [1.54, 1.807) is 0 Å². The predicted molar refractivity (Wildman–Crippen MR) is 115 cm³/mol. The number of carbonyl (C=O) groups excluding carboxylic acids is 1. The number of nitrogens with zero attached hydrogens (tertiary/aromatic N) is 3. The maximum atomic E-state index is 12.8. The number of hydrogen-bond acceptors (Lipinski definition) is 10. The molecule has 31 heavy (non-hydrogen) atoms. The summed E-state index contributed by atoms with van der Waals surface area (Å²) in [5.74, 6) is -0.464. The highest BCUT2D eigenvalue weighted by Crippen LogP contribution is 2.45. The van der Waals surface area contributed by atoms with Crippen molar-refractivity contribution in [1.29, 1.82) is 5.41 Å². The molecule has 1 fully saturated rings. The summed E-state index contributed by atoms with van der Waals surface area (Å²) in [4.78, 5) is 23.6. The number of aromatic nitrogens is 2. The van der Waals surface area contributed by atoms with Gasteiger partial charge >= 0.3 is 0 Å². The number of allylic oxidation sites excluding steroid dienone is 1.